The maximum atomic E-state index is 5.86. The first-order chi connectivity index (χ1) is 6.83. The van der Waals surface area contributed by atoms with Gasteiger partial charge in [-0.2, -0.15) is 0 Å². The molecule has 0 bridgehead atoms. The molecule has 0 saturated heterocycles. The van der Waals surface area contributed by atoms with Crippen molar-refractivity contribution in [3.05, 3.63) is 34.9 Å². The molecule has 0 radical (unpaired) electrons. The van der Waals surface area contributed by atoms with Crippen molar-refractivity contribution < 1.29 is 0 Å². The third kappa shape index (κ3) is 4.32. The van der Waals surface area contributed by atoms with Gasteiger partial charge in [0.05, 0.1) is 0 Å². The Morgan fingerprint density at radius 2 is 2.29 bits per heavy atom. The van der Waals surface area contributed by atoms with Crippen molar-refractivity contribution in [2.45, 2.75) is 19.9 Å². The Hall–Kier alpha value is -0.970. The molecule has 14 heavy (non-hydrogen) atoms. The number of benzene rings is 1. The van der Waals surface area contributed by atoms with Crippen LogP contribution in [0.1, 0.15) is 18.9 Å². The zero-order chi connectivity index (χ0) is 10.2. The molecule has 1 nitrogen and oxygen atoms in total. The number of rotatable bonds is 4. The average Bonchev–Trinajstić information content (AvgIpc) is 2.18. The molecular formula is C12H14ClN. The first-order valence-corrected chi connectivity index (χ1v) is 5.05. The summed E-state index contributed by atoms with van der Waals surface area (Å²) in [5, 5.41) is 4.09. The zero-order valence-electron chi connectivity index (χ0n) is 8.31. The molecule has 0 amide bonds. The normalized spacial score (nSPS) is 9.29. The summed E-state index contributed by atoms with van der Waals surface area (Å²) < 4.78 is 0. The highest BCUT2D eigenvalue weighted by molar-refractivity contribution is 6.30. The predicted octanol–water partition coefficient (Wildman–Crippen LogP) is 2.84. The monoisotopic (exact) mass is 207 g/mol. The van der Waals surface area contributed by atoms with Gasteiger partial charge in [-0.15, -0.1) is 11.8 Å². The van der Waals surface area contributed by atoms with Crippen molar-refractivity contribution in [3.63, 3.8) is 0 Å². The number of nitrogens with one attached hydrogen (secondary N) is 1. The van der Waals surface area contributed by atoms with Crippen LogP contribution in [0, 0.1) is 11.8 Å². The second-order valence-electron chi connectivity index (χ2n) is 2.98. The summed E-state index contributed by atoms with van der Waals surface area (Å²) in [6.45, 7) is 3.64. The highest BCUT2D eigenvalue weighted by Gasteiger charge is 1.92. The smallest absolute Gasteiger partial charge is 0.0409 e. The quantitative estimate of drug-likeness (QED) is 0.592. The molecular weight excluding hydrogens is 194 g/mol. The summed E-state index contributed by atoms with van der Waals surface area (Å²) in [6.07, 6.45) is 0.900. The van der Waals surface area contributed by atoms with E-state index >= 15 is 0 Å². The van der Waals surface area contributed by atoms with Gasteiger partial charge in [-0.1, -0.05) is 23.7 Å². The predicted molar refractivity (Wildman–Crippen MR) is 61.2 cm³/mol. The van der Waals surface area contributed by atoms with Crippen LogP contribution in [0.5, 0.6) is 0 Å². The molecule has 1 rings (SSSR count). The van der Waals surface area contributed by atoms with E-state index in [2.05, 4.69) is 23.2 Å². The molecule has 0 aliphatic heterocycles. The first kappa shape index (κ1) is 11.1. The molecule has 0 spiro atoms. The van der Waals surface area contributed by atoms with Crippen molar-refractivity contribution in [1.29, 1.82) is 0 Å². The lowest BCUT2D eigenvalue weighted by Gasteiger charge is -2.02. The highest BCUT2D eigenvalue weighted by atomic mass is 35.5. The summed E-state index contributed by atoms with van der Waals surface area (Å²) >= 11 is 5.86. The molecule has 74 valence electrons. The molecule has 1 N–H and O–H groups in total. The van der Waals surface area contributed by atoms with Crippen LogP contribution < -0.4 is 5.32 Å². The molecule has 0 heterocycles. The van der Waals surface area contributed by atoms with Gasteiger partial charge < -0.3 is 5.32 Å². The topological polar surface area (TPSA) is 12.0 Å². The summed E-state index contributed by atoms with van der Waals surface area (Å²) in [4.78, 5) is 0. The van der Waals surface area contributed by atoms with Crippen LogP contribution in [0.25, 0.3) is 0 Å². The minimum Gasteiger partial charge on any atom is -0.312 e. The van der Waals surface area contributed by atoms with Gasteiger partial charge in [-0.05, 0) is 24.6 Å². The van der Waals surface area contributed by atoms with Crippen molar-refractivity contribution in [1.82, 2.24) is 5.32 Å². The third-order valence-electron chi connectivity index (χ3n) is 1.82. The lowest BCUT2D eigenvalue weighted by Crippen LogP contribution is -2.13. The van der Waals surface area contributed by atoms with Gasteiger partial charge in [0.1, 0.15) is 0 Å². The third-order valence-corrected chi connectivity index (χ3v) is 2.06. The van der Waals surface area contributed by atoms with E-state index in [1.54, 1.807) is 0 Å². The Balaban J connectivity index is 2.27. The highest BCUT2D eigenvalue weighted by Crippen LogP contribution is 2.09. The molecule has 0 fully saturated rings. The Morgan fingerprint density at radius 1 is 1.43 bits per heavy atom. The van der Waals surface area contributed by atoms with E-state index in [4.69, 9.17) is 11.6 Å². The van der Waals surface area contributed by atoms with Gasteiger partial charge in [0.2, 0.25) is 0 Å². The van der Waals surface area contributed by atoms with Crippen LogP contribution >= 0.6 is 11.6 Å². The van der Waals surface area contributed by atoms with Gasteiger partial charge >= 0.3 is 0 Å². The minimum absolute atomic E-state index is 0.789. The molecule has 0 aliphatic carbocycles. The molecule has 0 aliphatic rings. The maximum absolute atomic E-state index is 5.86. The molecule has 2 heteroatoms. The molecule has 1 aromatic rings. The standard InChI is InChI=1S/C12H14ClN/c1-2-3-4-8-14-10-11-6-5-7-12(13)9-11/h5-7,9,14H,4,8,10H2,1H3. The fraction of sp³-hybridized carbons (Fsp3) is 0.333. The van der Waals surface area contributed by atoms with Crippen molar-refractivity contribution >= 4 is 11.6 Å². The fourth-order valence-corrected chi connectivity index (χ4v) is 1.37. The van der Waals surface area contributed by atoms with Gasteiger partial charge in [0, 0.05) is 24.5 Å². The lowest BCUT2D eigenvalue weighted by atomic mass is 10.2. The van der Waals surface area contributed by atoms with Gasteiger partial charge in [-0.25, -0.2) is 0 Å². The van der Waals surface area contributed by atoms with Gasteiger partial charge in [0.15, 0.2) is 0 Å². The summed E-state index contributed by atoms with van der Waals surface area (Å²) in [7, 11) is 0. The van der Waals surface area contributed by atoms with E-state index in [9.17, 15) is 0 Å². The second kappa shape index (κ2) is 6.48. The molecule has 0 saturated carbocycles. The zero-order valence-corrected chi connectivity index (χ0v) is 9.06. The lowest BCUT2D eigenvalue weighted by molar-refractivity contribution is 0.701. The Bertz CT molecular complexity index is 336. The van der Waals surface area contributed by atoms with Crippen LogP contribution in [0.4, 0.5) is 0 Å². The Labute approximate surface area is 90.5 Å². The van der Waals surface area contributed by atoms with E-state index in [0.717, 1.165) is 24.5 Å². The van der Waals surface area contributed by atoms with Crippen LogP contribution in [-0.2, 0) is 6.54 Å². The fourth-order valence-electron chi connectivity index (χ4n) is 1.16. The first-order valence-electron chi connectivity index (χ1n) is 4.67. The summed E-state index contributed by atoms with van der Waals surface area (Å²) in [6, 6.07) is 7.88. The Kier molecular flexibility index (Phi) is 5.14. The number of hydrogen-bond acceptors (Lipinski definition) is 1. The Morgan fingerprint density at radius 3 is 3.00 bits per heavy atom. The SMILES string of the molecule is CC#CCCNCc1cccc(Cl)c1. The van der Waals surface area contributed by atoms with Crippen molar-refractivity contribution in [2.24, 2.45) is 0 Å². The average molecular weight is 208 g/mol. The minimum atomic E-state index is 0.789. The number of halogens is 1. The van der Waals surface area contributed by atoms with E-state index < -0.39 is 0 Å². The van der Waals surface area contributed by atoms with Gasteiger partial charge in [0.25, 0.3) is 0 Å². The van der Waals surface area contributed by atoms with Crippen molar-refractivity contribution in [2.75, 3.05) is 6.54 Å². The molecule has 0 atom stereocenters. The second-order valence-corrected chi connectivity index (χ2v) is 3.42. The molecule has 1 aromatic carbocycles. The largest absolute Gasteiger partial charge is 0.312 e. The van der Waals surface area contributed by atoms with E-state index in [-0.39, 0.29) is 0 Å². The number of hydrogen-bond donors (Lipinski definition) is 1. The van der Waals surface area contributed by atoms with E-state index in [1.807, 2.05) is 25.1 Å². The van der Waals surface area contributed by atoms with Crippen LogP contribution in [0.15, 0.2) is 24.3 Å². The summed E-state index contributed by atoms with van der Waals surface area (Å²) in [5.74, 6) is 5.87. The van der Waals surface area contributed by atoms with E-state index in [1.165, 1.54) is 5.56 Å². The van der Waals surface area contributed by atoms with Crippen molar-refractivity contribution in [3.8, 4) is 11.8 Å². The van der Waals surface area contributed by atoms with Crippen LogP contribution in [0.2, 0.25) is 5.02 Å². The molecule has 0 aromatic heterocycles. The van der Waals surface area contributed by atoms with Crippen LogP contribution in [-0.4, -0.2) is 6.54 Å². The molecule has 0 unspecified atom stereocenters. The van der Waals surface area contributed by atoms with Gasteiger partial charge in [-0.3, -0.25) is 0 Å². The summed E-state index contributed by atoms with van der Waals surface area (Å²) in [5.41, 5.74) is 1.21. The van der Waals surface area contributed by atoms with Crippen LogP contribution in [0.3, 0.4) is 0 Å². The maximum Gasteiger partial charge on any atom is 0.0409 e. The van der Waals surface area contributed by atoms with E-state index in [0.29, 0.717) is 0 Å².